The average Bonchev–Trinajstić information content (AvgIpc) is 1.57. The summed E-state index contributed by atoms with van der Waals surface area (Å²) in [5, 5.41) is 0. The van der Waals surface area contributed by atoms with Gasteiger partial charge in [0.25, 0.3) is 0 Å². The number of H-pyrrole nitrogens is 2. The molecular formula is C104H106N16. The highest BCUT2D eigenvalue weighted by Crippen LogP contribution is 2.46. The number of aromatic nitrogens is 16. The second-order valence-electron chi connectivity index (χ2n) is 40.7. The predicted octanol–water partition coefficient (Wildman–Crippen LogP) is 25.7. The molecule has 16 heteroatoms. The van der Waals surface area contributed by atoms with Crippen molar-refractivity contribution in [2.75, 3.05) is 0 Å². The molecular weight excluding hydrogens is 1470 g/mol. The lowest BCUT2D eigenvalue weighted by atomic mass is 9.85. The van der Waals surface area contributed by atoms with E-state index in [-0.39, 0.29) is 66.6 Å². The van der Waals surface area contributed by atoms with Gasteiger partial charge in [0.1, 0.15) is 44.8 Å². The Bertz CT molecular complexity index is 5930. The zero-order valence-electron chi connectivity index (χ0n) is 73.7. The van der Waals surface area contributed by atoms with E-state index in [4.69, 9.17) is 69.8 Å². The van der Waals surface area contributed by atoms with Crippen molar-refractivity contribution >= 4 is 44.7 Å². The molecule has 0 unspecified atom stereocenters. The van der Waals surface area contributed by atoms with Gasteiger partial charge < -0.3 is 9.97 Å². The average molecular weight is 1580 g/mol. The Morgan fingerprint density at radius 2 is 0.267 bits per heavy atom. The fourth-order valence-corrected chi connectivity index (χ4v) is 15.6. The lowest BCUT2D eigenvalue weighted by Gasteiger charge is -2.20. The maximum Gasteiger partial charge on any atom is 0.184 e. The molecule has 15 aromatic rings. The molecule has 2 N–H and O–H groups in total. The van der Waals surface area contributed by atoms with E-state index >= 15 is 0 Å². The number of aromatic amines is 2. The van der Waals surface area contributed by atoms with E-state index in [1.165, 1.54) is 44.5 Å². The summed E-state index contributed by atoms with van der Waals surface area (Å²) in [5.74, 6) is 0.843. The van der Waals surface area contributed by atoms with Crippen LogP contribution in [-0.4, -0.2) is 79.7 Å². The molecule has 0 aliphatic carbocycles. The molecule has 2 aliphatic rings. The lowest BCUT2D eigenvalue weighted by Crippen LogP contribution is -2.11. The van der Waals surface area contributed by atoms with Gasteiger partial charge in [0.15, 0.2) is 45.9 Å². The number of nitrogens with one attached hydrogen (secondary N) is 2. The molecule has 0 saturated heterocycles. The van der Waals surface area contributed by atoms with Gasteiger partial charge in [0.05, 0.1) is 45.6 Å². The standard InChI is InChI=1S/C104H106N16/c1-97(2,3)65-41-25-57(26-42-65)73-74(58-27-43-66(44-28-58)98(4,5)6)106-82-81(105-73)89-113-90(82)118-92-85-86(110-78(62-35-51-70(52-36-62)102(16,17)18)77(109-85)61-33-49-69(50-34-61)101(13,14)15)94(115-92)120-96-88-87(111-79(63-37-53-71(54-38-63)103(19,20)21)80(112-88)64-39-55-72(56-40-64)104(22,23)24)95(116-96)119-93-84-83(91(114-93)117-89)107-75(59-29-45-67(46-30-59)99(7,8)9)76(108-84)60-31-47-68(48-32-60)100(10,11)12/h25-56H,1-24H3,(H2,113,114,115,116,117,118,119,120). The Balaban J connectivity index is 1.05. The van der Waals surface area contributed by atoms with Crippen LogP contribution in [0.15, 0.2) is 194 Å². The van der Waals surface area contributed by atoms with Crippen molar-refractivity contribution in [3.63, 3.8) is 0 Å². The molecule has 16 nitrogen and oxygen atoms in total. The van der Waals surface area contributed by atoms with E-state index in [0.717, 1.165) is 44.5 Å². The molecule has 0 atom stereocenters. The van der Waals surface area contributed by atoms with Crippen molar-refractivity contribution in [1.29, 1.82) is 0 Å². The lowest BCUT2D eigenvalue weighted by molar-refractivity contribution is 0.590. The first-order valence-corrected chi connectivity index (χ1v) is 41.8. The quantitative estimate of drug-likeness (QED) is 0.145. The van der Waals surface area contributed by atoms with Crippen molar-refractivity contribution in [1.82, 2.24) is 79.7 Å². The summed E-state index contributed by atoms with van der Waals surface area (Å²) in [7, 11) is 0. The molecule has 0 radical (unpaired) electrons. The first kappa shape index (κ1) is 79.9. The summed E-state index contributed by atoms with van der Waals surface area (Å²) in [6.07, 6.45) is 0. The van der Waals surface area contributed by atoms with E-state index < -0.39 is 0 Å². The summed E-state index contributed by atoms with van der Waals surface area (Å²) < 4.78 is 0. The fraction of sp³-hybridized carbons (Fsp3) is 0.308. The van der Waals surface area contributed by atoms with Crippen molar-refractivity contribution in [3.05, 3.63) is 239 Å². The Kier molecular flexibility index (Phi) is 19.0. The SMILES string of the molecule is CC(C)(C)c1ccc(-c2nc3c(nc2-c2ccc(C(C)(C)C)cc2)-c2nc-3nc3[nH]c(nc4nc(nc5[nH]c(n2)c2nc(-c6ccc(C(C)(C)C)cc6)c(-c6ccc(C(C)(C)C)cc6)nc52)-c2nc(-c5ccc(C(C)(C)C)cc5)c(-c5ccc(C(C)(C)C)cc5)nc2-4)c2nc(-c4ccc(C(C)(C)C)cc4)c(-c4ccc(C(C)(C)C)cc4)nc32)cc1. The monoisotopic (exact) mass is 1580 g/mol. The van der Waals surface area contributed by atoms with Crippen LogP contribution < -0.4 is 0 Å². The van der Waals surface area contributed by atoms with Gasteiger partial charge >= 0.3 is 0 Å². The maximum atomic E-state index is 5.79. The molecule has 0 spiro atoms. The summed E-state index contributed by atoms with van der Waals surface area (Å²) in [4.78, 5) is 87.6. The topological polar surface area (TPSA) is 212 Å². The van der Waals surface area contributed by atoms with Gasteiger partial charge in [-0.2, -0.15) is 0 Å². The van der Waals surface area contributed by atoms with Gasteiger partial charge in [0.2, 0.25) is 0 Å². The van der Waals surface area contributed by atoms with E-state index in [1.54, 1.807) is 0 Å². The molecule has 2 aliphatic heterocycles. The Hall–Kier alpha value is -12.6. The van der Waals surface area contributed by atoms with Crippen molar-refractivity contribution in [3.8, 4) is 136 Å². The normalized spacial score (nSPS) is 13.0. The molecule has 602 valence electrons. The second-order valence-corrected chi connectivity index (χ2v) is 40.7. The molecule has 8 aromatic carbocycles. The number of benzene rings is 8. The number of fused-ring (bicyclic) bond motifs is 20. The van der Waals surface area contributed by atoms with Crippen molar-refractivity contribution in [2.45, 2.75) is 209 Å². The maximum absolute atomic E-state index is 5.79. The molecule has 7 aromatic heterocycles. The minimum atomic E-state index is -0.125. The van der Waals surface area contributed by atoms with Crippen molar-refractivity contribution < 1.29 is 0 Å². The largest absolute Gasteiger partial charge is 0.321 e. The first-order valence-electron chi connectivity index (χ1n) is 41.8. The minimum Gasteiger partial charge on any atom is -0.321 e. The van der Waals surface area contributed by atoms with E-state index in [9.17, 15) is 0 Å². The first-order chi connectivity index (χ1) is 56.4. The zero-order chi connectivity index (χ0) is 85.0. The highest BCUT2D eigenvalue weighted by Gasteiger charge is 2.34. The molecule has 9 heterocycles. The number of hydrogen-bond acceptors (Lipinski definition) is 14. The van der Waals surface area contributed by atoms with Crippen LogP contribution in [0.3, 0.4) is 0 Å². The van der Waals surface area contributed by atoms with Crippen LogP contribution in [0.5, 0.6) is 0 Å². The zero-order valence-corrected chi connectivity index (χ0v) is 73.7. The van der Waals surface area contributed by atoms with Crippen LogP contribution in [-0.2, 0) is 43.3 Å². The van der Waals surface area contributed by atoms with E-state index in [0.29, 0.717) is 113 Å². The van der Waals surface area contributed by atoms with Crippen molar-refractivity contribution in [2.24, 2.45) is 0 Å². The van der Waals surface area contributed by atoms with Gasteiger partial charge in [-0.3, -0.25) is 0 Å². The predicted molar refractivity (Wildman–Crippen MR) is 492 cm³/mol. The second kappa shape index (κ2) is 28.6. The number of rotatable bonds is 8. The molecule has 0 amide bonds. The van der Waals surface area contributed by atoms with Gasteiger partial charge in [-0.1, -0.05) is 360 Å². The van der Waals surface area contributed by atoms with Gasteiger partial charge in [0, 0.05) is 44.5 Å². The van der Waals surface area contributed by atoms with E-state index in [2.05, 4.69) is 370 Å². The van der Waals surface area contributed by atoms with Crippen LogP contribution in [0.25, 0.3) is 181 Å². The van der Waals surface area contributed by atoms with Crippen LogP contribution >= 0.6 is 0 Å². The Morgan fingerprint density at radius 1 is 0.142 bits per heavy atom. The summed E-state index contributed by atoms with van der Waals surface area (Å²) in [5.41, 5.74) is 24.7. The third-order valence-electron chi connectivity index (χ3n) is 23.3. The fourth-order valence-electron chi connectivity index (χ4n) is 15.6. The Morgan fingerprint density at radius 3 is 0.392 bits per heavy atom. The molecule has 17 rings (SSSR count). The molecule has 0 fully saturated rings. The van der Waals surface area contributed by atoms with Gasteiger partial charge in [-0.05, 0) is 87.8 Å². The summed E-state index contributed by atoms with van der Waals surface area (Å²) in [6, 6.07) is 69.1. The molecule has 8 bridgehead atoms. The van der Waals surface area contributed by atoms with E-state index in [1.807, 2.05) is 0 Å². The van der Waals surface area contributed by atoms with Crippen LogP contribution in [0.4, 0.5) is 0 Å². The minimum absolute atomic E-state index is 0.124. The van der Waals surface area contributed by atoms with Crippen LogP contribution in [0.1, 0.15) is 211 Å². The summed E-state index contributed by atoms with van der Waals surface area (Å²) >= 11 is 0. The Labute approximate surface area is 704 Å². The number of hydrogen-bond donors (Lipinski definition) is 2. The van der Waals surface area contributed by atoms with Gasteiger partial charge in [-0.25, -0.2) is 69.8 Å². The molecule has 120 heavy (non-hydrogen) atoms. The molecule has 0 saturated carbocycles. The van der Waals surface area contributed by atoms with Crippen LogP contribution in [0.2, 0.25) is 0 Å². The smallest absolute Gasteiger partial charge is 0.184 e. The summed E-state index contributed by atoms with van der Waals surface area (Å²) in [6.45, 7) is 53.4. The van der Waals surface area contributed by atoms with Gasteiger partial charge in [-0.15, -0.1) is 0 Å². The van der Waals surface area contributed by atoms with Crippen LogP contribution in [0, 0.1) is 0 Å². The highest BCUT2D eigenvalue weighted by atomic mass is 15.1. The highest BCUT2D eigenvalue weighted by molar-refractivity contribution is 6.05. The third-order valence-corrected chi connectivity index (χ3v) is 23.3. The third kappa shape index (κ3) is 15.2. The number of nitrogens with zero attached hydrogens (tertiary/aromatic N) is 14.